The Bertz CT molecular complexity index is 1070. The van der Waals surface area contributed by atoms with Crippen LogP contribution in [0.3, 0.4) is 0 Å². The highest BCUT2D eigenvalue weighted by Crippen LogP contribution is 2.40. The Morgan fingerprint density at radius 2 is 1.88 bits per heavy atom. The van der Waals surface area contributed by atoms with Gasteiger partial charge in [-0.25, -0.2) is 15.0 Å². The van der Waals surface area contributed by atoms with Crippen molar-refractivity contribution < 1.29 is 9.47 Å². The second kappa shape index (κ2) is 9.93. The van der Waals surface area contributed by atoms with Crippen LogP contribution in [-0.2, 0) is 0 Å². The second-order valence-electron chi connectivity index (χ2n) is 7.63. The Labute approximate surface area is 196 Å². The Kier molecular flexibility index (Phi) is 7.02. The summed E-state index contributed by atoms with van der Waals surface area (Å²) in [7, 11) is 1.66. The maximum atomic E-state index is 6.05. The third-order valence-electron chi connectivity index (χ3n) is 5.27. The maximum absolute atomic E-state index is 6.05. The minimum atomic E-state index is 0.0479. The summed E-state index contributed by atoms with van der Waals surface area (Å²) in [6, 6.07) is 7.51. The van der Waals surface area contributed by atoms with Crippen LogP contribution in [0.25, 0.3) is 10.6 Å². The maximum Gasteiger partial charge on any atom is 0.192 e. The first-order valence-electron chi connectivity index (χ1n) is 10.5. The van der Waals surface area contributed by atoms with Crippen molar-refractivity contribution in [2.45, 2.75) is 30.7 Å². The first-order valence-corrected chi connectivity index (χ1v) is 12.2. The zero-order chi connectivity index (χ0) is 22.7. The molecule has 2 aromatic heterocycles. The van der Waals surface area contributed by atoms with Gasteiger partial charge in [-0.1, -0.05) is 11.8 Å². The minimum Gasteiger partial charge on any atom is -0.493 e. The number of ether oxygens (including phenoxy) is 2. The molecule has 0 amide bonds. The third kappa shape index (κ3) is 5.25. The van der Waals surface area contributed by atoms with Crippen molar-refractivity contribution in [3.05, 3.63) is 34.8 Å². The van der Waals surface area contributed by atoms with E-state index in [0.717, 1.165) is 52.3 Å². The zero-order valence-electron chi connectivity index (χ0n) is 18.5. The number of hydrogen-bond donors (Lipinski definition) is 2. The van der Waals surface area contributed by atoms with Gasteiger partial charge in [-0.15, -0.1) is 11.3 Å². The fraction of sp³-hybridized carbons (Fsp3) is 0.409. The van der Waals surface area contributed by atoms with Gasteiger partial charge in [0.25, 0.3) is 0 Å². The molecule has 0 bridgehead atoms. The molecule has 4 rings (SSSR count). The summed E-state index contributed by atoms with van der Waals surface area (Å²) < 4.78 is 11.5. The number of likely N-dealkylation sites (tertiary alicyclic amines) is 1. The van der Waals surface area contributed by atoms with Crippen molar-refractivity contribution in [1.29, 1.82) is 0 Å². The molecule has 1 fully saturated rings. The zero-order valence-corrected chi connectivity index (χ0v) is 20.1. The van der Waals surface area contributed by atoms with E-state index in [0.29, 0.717) is 23.4 Å². The highest BCUT2D eigenvalue weighted by Gasteiger charge is 2.19. The molecule has 1 aliphatic rings. The molecule has 3 aromatic rings. The Morgan fingerprint density at radius 1 is 1.12 bits per heavy atom. The Balaban J connectivity index is 1.51. The molecule has 0 aliphatic carbocycles. The number of thioether (sulfide) groups is 1. The molecule has 4 N–H and O–H groups in total. The molecule has 8 nitrogen and oxygen atoms in total. The molecule has 10 heteroatoms. The van der Waals surface area contributed by atoms with Crippen molar-refractivity contribution >= 4 is 34.7 Å². The summed E-state index contributed by atoms with van der Waals surface area (Å²) >= 11 is 3.15. The Hall–Kier alpha value is -2.56. The van der Waals surface area contributed by atoms with Crippen LogP contribution in [-0.4, -0.2) is 53.2 Å². The number of nitrogens with two attached hydrogens (primary N) is 2. The molecule has 0 saturated carbocycles. The van der Waals surface area contributed by atoms with Crippen LogP contribution in [0.15, 0.2) is 29.4 Å². The van der Waals surface area contributed by atoms with Gasteiger partial charge in [0.2, 0.25) is 0 Å². The van der Waals surface area contributed by atoms with Crippen LogP contribution in [0.5, 0.6) is 11.5 Å². The van der Waals surface area contributed by atoms with Gasteiger partial charge in [0.1, 0.15) is 23.3 Å². The minimum absolute atomic E-state index is 0.0479. The number of aryl methyl sites for hydroxylation is 1. The van der Waals surface area contributed by atoms with E-state index in [-0.39, 0.29) is 5.25 Å². The number of benzene rings is 1. The molecule has 32 heavy (non-hydrogen) atoms. The van der Waals surface area contributed by atoms with E-state index in [1.54, 1.807) is 24.5 Å². The smallest absolute Gasteiger partial charge is 0.192 e. The molecular weight excluding hydrogens is 444 g/mol. The van der Waals surface area contributed by atoms with Gasteiger partial charge in [0, 0.05) is 23.1 Å². The third-order valence-corrected chi connectivity index (χ3v) is 7.28. The SMILES string of the molecule is COc1ccc(-c2nc([C@H](C)Sc3nc(N)cc(N)n3)c(C)s2)cc1OCCN1CCC1. The predicted octanol–water partition coefficient (Wildman–Crippen LogP) is 4.02. The van der Waals surface area contributed by atoms with E-state index in [1.165, 1.54) is 18.2 Å². The van der Waals surface area contributed by atoms with Crippen LogP contribution < -0.4 is 20.9 Å². The molecule has 1 aromatic carbocycles. The number of aromatic nitrogens is 3. The lowest BCUT2D eigenvalue weighted by atomic mass is 10.2. The first-order chi connectivity index (χ1) is 15.4. The molecule has 1 aliphatic heterocycles. The van der Waals surface area contributed by atoms with E-state index in [9.17, 15) is 0 Å². The second-order valence-corrected chi connectivity index (χ2v) is 10.1. The normalized spacial score (nSPS) is 14.7. The average molecular weight is 473 g/mol. The van der Waals surface area contributed by atoms with Crippen LogP contribution in [0.2, 0.25) is 0 Å². The Morgan fingerprint density at radius 3 is 2.53 bits per heavy atom. The molecular formula is C22H28N6O2S2. The molecule has 0 unspecified atom stereocenters. The fourth-order valence-electron chi connectivity index (χ4n) is 3.45. The first kappa shape index (κ1) is 22.6. The number of methoxy groups -OCH3 is 1. The van der Waals surface area contributed by atoms with Gasteiger partial charge < -0.3 is 20.9 Å². The van der Waals surface area contributed by atoms with Crippen molar-refractivity contribution in [2.75, 3.05) is 44.8 Å². The van der Waals surface area contributed by atoms with Crippen LogP contribution in [0, 0.1) is 6.92 Å². The standard InChI is InChI=1S/C22H28N6O2S2/c1-13-20(14(2)32-22-25-18(23)12-19(24)26-22)27-21(31-13)15-5-6-16(29-3)17(11-15)30-10-9-28-7-4-8-28/h5-6,11-12,14H,4,7-10H2,1-3H3,(H4,23,24,25,26)/t14-/m0/s1. The molecule has 0 spiro atoms. The lowest BCUT2D eigenvalue weighted by Crippen LogP contribution is -2.39. The number of thiazole rings is 1. The van der Waals surface area contributed by atoms with Gasteiger partial charge in [-0.05, 0) is 51.6 Å². The summed E-state index contributed by atoms with van der Waals surface area (Å²) in [5, 5.41) is 1.53. The lowest BCUT2D eigenvalue weighted by Gasteiger charge is -2.30. The molecule has 0 radical (unpaired) electrons. The van der Waals surface area contributed by atoms with Gasteiger partial charge >= 0.3 is 0 Å². The summed E-state index contributed by atoms with van der Waals surface area (Å²) in [5.41, 5.74) is 13.6. The number of hydrogen-bond acceptors (Lipinski definition) is 10. The van der Waals surface area contributed by atoms with Crippen molar-refractivity contribution in [1.82, 2.24) is 19.9 Å². The van der Waals surface area contributed by atoms with E-state index >= 15 is 0 Å². The van der Waals surface area contributed by atoms with Crippen molar-refractivity contribution in [3.63, 3.8) is 0 Å². The van der Waals surface area contributed by atoms with Crippen LogP contribution in [0.1, 0.15) is 29.2 Å². The molecule has 170 valence electrons. The number of anilines is 2. The van der Waals surface area contributed by atoms with Gasteiger partial charge in [-0.3, -0.25) is 4.90 Å². The number of nitrogen functional groups attached to an aromatic ring is 2. The summed E-state index contributed by atoms with van der Waals surface area (Å²) in [4.78, 5) is 17.0. The van der Waals surface area contributed by atoms with Gasteiger partial charge in [0.15, 0.2) is 16.7 Å². The van der Waals surface area contributed by atoms with Crippen molar-refractivity contribution in [3.8, 4) is 22.1 Å². The number of rotatable bonds is 9. The number of nitrogens with zero attached hydrogens (tertiary/aromatic N) is 4. The molecule has 1 atom stereocenters. The molecule has 1 saturated heterocycles. The summed E-state index contributed by atoms with van der Waals surface area (Å²) in [5.74, 6) is 2.20. The highest BCUT2D eigenvalue weighted by atomic mass is 32.2. The van der Waals surface area contributed by atoms with Crippen LogP contribution in [0.4, 0.5) is 11.6 Å². The quantitative estimate of drug-likeness (QED) is 0.352. The van der Waals surface area contributed by atoms with Crippen LogP contribution >= 0.6 is 23.1 Å². The van der Waals surface area contributed by atoms with Gasteiger partial charge in [0.05, 0.1) is 18.1 Å². The van der Waals surface area contributed by atoms with E-state index in [1.807, 2.05) is 18.2 Å². The fourth-order valence-corrected chi connectivity index (χ4v) is 5.50. The summed E-state index contributed by atoms with van der Waals surface area (Å²) in [6.07, 6.45) is 1.28. The van der Waals surface area contributed by atoms with E-state index in [4.69, 9.17) is 25.9 Å². The van der Waals surface area contributed by atoms with E-state index < -0.39 is 0 Å². The monoisotopic (exact) mass is 472 g/mol. The van der Waals surface area contributed by atoms with Crippen molar-refractivity contribution in [2.24, 2.45) is 0 Å². The summed E-state index contributed by atoms with van der Waals surface area (Å²) in [6.45, 7) is 8.04. The lowest BCUT2D eigenvalue weighted by molar-refractivity contribution is 0.145. The highest BCUT2D eigenvalue weighted by molar-refractivity contribution is 7.99. The average Bonchev–Trinajstić information content (AvgIpc) is 3.10. The molecule has 3 heterocycles. The van der Waals surface area contributed by atoms with Gasteiger partial charge in [-0.2, -0.15) is 0 Å². The topological polar surface area (TPSA) is 112 Å². The predicted molar refractivity (Wildman–Crippen MR) is 131 cm³/mol. The van der Waals surface area contributed by atoms with E-state index in [2.05, 4.69) is 28.7 Å². The largest absolute Gasteiger partial charge is 0.493 e.